The molecule has 0 spiro atoms. The largest absolute Gasteiger partial charge is 0.331 e. The molecule has 140 valence electrons. The molecular formula is C21H23N3O3. The fraction of sp³-hybridized carbons (Fsp3) is 0.286. The van der Waals surface area contributed by atoms with Gasteiger partial charge in [-0.25, -0.2) is 4.79 Å². The summed E-state index contributed by atoms with van der Waals surface area (Å²) in [4.78, 5) is 38.2. The van der Waals surface area contributed by atoms with Crippen LogP contribution in [0, 0.1) is 12.8 Å². The van der Waals surface area contributed by atoms with Crippen LogP contribution in [0.25, 0.3) is 10.9 Å². The number of amides is 1. The number of hydrogen-bond acceptors (Lipinski definition) is 3. The molecule has 6 nitrogen and oxygen atoms in total. The van der Waals surface area contributed by atoms with Crippen molar-refractivity contribution >= 4 is 22.5 Å². The minimum Gasteiger partial charge on any atom is -0.325 e. The van der Waals surface area contributed by atoms with E-state index in [4.69, 9.17) is 0 Å². The molecule has 0 saturated carbocycles. The van der Waals surface area contributed by atoms with E-state index in [1.165, 1.54) is 9.13 Å². The van der Waals surface area contributed by atoms with E-state index in [2.05, 4.69) is 5.32 Å². The van der Waals surface area contributed by atoms with Gasteiger partial charge in [-0.3, -0.25) is 18.7 Å². The highest BCUT2D eigenvalue weighted by atomic mass is 16.2. The van der Waals surface area contributed by atoms with Crippen LogP contribution >= 0.6 is 0 Å². The van der Waals surface area contributed by atoms with Gasteiger partial charge in [-0.05, 0) is 42.7 Å². The number of aromatic nitrogens is 2. The van der Waals surface area contributed by atoms with Crippen LogP contribution in [-0.4, -0.2) is 15.0 Å². The van der Waals surface area contributed by atoms with E-state index in [9.17, 15) is 14.4 Å². The van der Waals surface area contributed by atoms with E-state index in [0.29, 0.717) is 23.1 Å². The van der Waals surface area contributed by atoms with E-state index in [-0.39, 0.29) is 23.9 Å². The molecule has 0 bridgehead atoms. The molecule has 6 heteroatoms. The molecule has 1 N–H and O–H groups in total. The Labute approximate surface area is 157 Å². The average molecular weight is 365 g/mol. The van der Waals surface area contributed by atoms with Crippen molar-refractivity contribution < 1.29 is 4.79 Å². The Morgan fingerprint density at radius 1 is 1.04 bits per heavy atom. The third kappa shape index (κ3) is 4.00. The lowest BCUT2D eigenvalue weighted by atomic mass is 10.2. The van der Waals surface area contributed by atoms with Crippen LogP contribution in [0.15, 0.2) is 58.1 Å². The van der Waals surface area contributed by atoms with Gasteiger partial charge < -0.3 is 5.32 Å². The van der Waals surface area contributed by atoms with Crippen molar-refractivity contribution in [2.45, 2.75) is 33.9 Å². The van der Waals surface area contributed by atoms with E-state index in [1.807, 2.05) is 39.0 Å². The topological polar surface area (TPSA) is 73.1 Å². The third-order valence-electron chi connectivity index (χ3n) is 4.28. The van der Waals surface area contributed by atoms with E-state index < -0.39 is 5.69 Å². The summed E-state index contributed by atoms with van der Waals surface area (Å²) in [5, 5.41) is 3.24. The number of aryl methyl sites for hydroxylation is 1. The normalized spacial score (nSPS) is 11.1. The van der Waals surface area contributed by atoms with E-state index in [1.54, 1.807) is 30.3 Å². The fourth-order valence-electron chi connectivity index (χ4n) is 3.12. The van der Waals surface area contributed by atoms with Crippen LogP contribution < -0.4 is 16.6 Å². The summed E-state index contributed by atoms with van der Waals surface area (Å²) in [5.74, 6) is -0.186. The molecular weight excluding hydrogens is 342 g/mol. The molecule has 0 fully saturated rings. The second-order valence-corrected chi connectivity index (χ2v) is 7.11. The lowest BCUT2D eigenvalue weighted by Crippen LogP contribution is -2.42. The number of anilines is 1. The summed E-state index contributed by atoms with van der Waals surface area (Å²) in [6, 6.07) is 14.3. The first kappa shape index (κ1) is 18.6. The lowest BCUT2D eigenvalue weighted by Gasteiger charge is -2.15. The summed E-state index contributed by atoms with van der Waals surface area (Å²) in [6.45, 7) is 5.97. The molecule has 0 atom stereocenters. The molecule has 27 heavy (non-hydrogen) atoms. The maximum absolute atomic E-state index is 12.9. The number of benzene rings is 2. The smallest absolute Gasteiger partial charge is 0.325 e. The molecule has 0 radical (unpaired) electrons. The van der Waals surface area contributed by atoms with Gasteiger partial charge in [0, 0.05) is 12.2 Å². The molecule has 3 rings (SSSR count). The predicted octanol–water partition coefficient (Wildman–Crippen LogP) is 2.77. The number of carbonyl (C=O) groups is 1. The molecule has 1 aromatic heterocycles. The number of para-hydroxylation sites is 1. The number of carbonyl (C=O) groups excluding carboxylic acids is 1. The van der Waals surface area contributed by atoms with E-state index >= 15 is 0 Å². The number of fused-ring (bicyclic) bond motifs is 1. The van der Waals surface area contributed by atoms with Gasteiger partial charge >= 0.3 is 5.69 Å². The average Bonchev–Trinajstić information content (AvgIpc) is 2.62. The lowest BCUT2D eigenvalue weighted by molar-refractivity contribution is -0.116. The molecule has 2 aromatic carbocycles. The Kier molecular flexibility index (Phi) is 5.26. The summed E-state index contributed by atoms with van der Waals surface area (Å²) >= 11 is 0. The van der Waals surface area contributed by atoms with Gasteiger partial charge in [-0.15, -0.1) is 0 Å². The van der Waals surface area contributed by atoms with E-state index in [0.717, 1.165) is 5.56 Å². The zero-order valence-corrected chi connectivity index (χ0v) is 15.7. The van der Waals surface area contributed by atoms with Crippen molar-refractivity contribution in [1.82, 2.24) is 9.13 Å². The molecule has 0 unspecified atom stereocenters. The van der Waals surface area contributed by atoms with Gasteiger partial charge in [0.2, 0.25) is 5.91 Å². The Balaban J connectivity index is 2.03. The second-order valence-electron chi connectivity index (χ2n) is 7.11. The zero-order valence-electron chi connectivity index (χ0n) is 15.7. The van der Waals surface area contributed by atoms with Gasteiger partial charge in [0.1, 0.15) is 6.54 Å². The first-order chi connectivity index (χ1) is 12.9. The SMILES string of the molecule is Cc1cccc(NC(=O)Cn2c(=O)n(CC(C)C)c(=O)c3ccccc32)c1. The van der Waals surface area contributed by atoms with Crippen LogP contribution in [0.1, 0.15) is 19.4 Å². The first-order valence-corrected chi connectivity index (χ1v) is 8.95. The fourth-order valence-corrected chi connectivity index (χ4v) is 3.12. The molecule has 1 amide bonds. The number of nitrogens with zero attached hydrogens (tertiary/aromatic N) is 2. The van der Waals surface area contributed by atoms with Gasteiger partial charge in [0.15, 0.2) is 0 Å². The van der Waals surface area contributed by atoms with Crippen molar-refractivity contribution in [3.8, 4) is 0 Å². The Morgan fingerprint density at radius 2 is 1.78 bits per heavy atom. The predicted molar refractivity (Wildman–Crippen MR) is 107 cm³/mol. The van der Waals surface area contributed by atoms with Crippen LogP contribution in [0.3, 0.4) is 0 Å². The molecule has 0 aliphatic rings. The maximum Gasteiger partial charge on any atom is 0.331 e. The third-order valence-corrected chi connectivity index (χ3v) is 4.28. The highest BCUT2D eigenvalue weighted by molar-refractivity contribution is 5.91. The Hall–Kier alpha value is -3.15. The van der Waals surface area contributed by atoms with Crippen molar-refractivity contribution in [2.75, 3.05) is 5.32 Å². The van der Waals surface area contributed by atoms with Crippen molar-refractivity contribution in [3.63, 3.8) is 0 Å². The number of hydrogen-bond donors (Lipinski definition) is 1. The Morgan fingerprint density at radius 3 is 2.48 bits per heavy atom. The Bertz CT molecular complexity index is 1110. The second kappa shape index (κ2) is 7.61. The summed E-state index contributed by atoms with van der Waals surface area (Å²) in [7, 11) is 0. The summed E-state index contributed by atoms with van der Waals surface area (Å²) in [6.07, 6.45) is 0. The molecule has 0 aliphatic carbocycles. The highest BCUT2D eigenvalue weighted by Gasteiger charge is 2.16. The molecule has 1 heterocycles. The van der Waals surface area contributed by atoms with Crippen molar-refractivity contribution in [2.24, 2.45) is 5.92 Å². The van der Waals surface area contributed by atoms with Crippen molar-refractivity contribution in [3.05, 3.63) is 74.9 Å². The number of rotatable bonds is 5. The van der Waals surface area contributed by atoms with Gasteiger partial charge in [0.25, 0.3) is 5.56 Å². The molecule has 0 saturated heterocycles. The van der Waals surface area contributed by atoms with Crippen LogP contribution in [-0.2, 0) is 17.9 Å². The standard InChI is InChI=1S/C21H23N3O3/c1-14(2)12-24-20(26)17-9-4-5-10-18(17)23(21(24)27)13-19(25)22-16-8-6-7-15(3)11-16/h4-11,14H,12-13H2,1-3H3,(H,22,25). The van der Waals surface area contributed by atoms with Crippen molar-refractivity contribution in [1.29, 1.82) is 0 Å². The maximum atomic E-state index is 12.9. The van der Waals surface area contributed by atoms with Crippen LogP contribution in [0.2, 0.25) is 0 Å². The molecule has 0 aliphatic heterocycles. The van der Waals surface area contributed by atoms with Crippen LogP contribution in [0.5, 0.6) is 0 Å². The number of nitrogens with one attached hydrogen (secondary N) is 1. The minimum absolute atomic E-state index is 0.131. The summed E-state index contributed by atoms with van der Waals surface area (Å²) in [5.41, 5.74) is 1.38. The monoisotopic (exact) mass is 365 g/mol. The van der Waals surface area contributed by atoms with Gasteiger partial charge in [0.05, 0.1) is 10.9 Å². The first-order valence-electron chi connectivity index (χ1n) is 8.95. The van der Waals surface area contributed by atoms with Gasteiger partial charge in [-0.2, -0.15) is 0 Å². The van der Waals surface area contributed by atoms with Crippen LogP contribution in [0.4, 0.5) is 5.69 Å². The highest BCUT2D eigenvalue weighted by Crippen LogP contribution is 2.11. The minimum atomic E-state index is -0.466. The molecule has 3 aromatic rings. The quantitative estimate of drug-likeness (QED) is 0.756. The van der Waals surface area contributed by atoms with Gasteiger partial charge in [-0.1, -0.05) is 38.1 Å². The summed E-state index contributed by atoms with van der Waals surface area (Å²) < 4.78 is 2.58. The zero-order chi connectivity index (χ0) is 19.6.